The third-order valence-corrected chi connectivity index (χ3v) is 6.47. The molecule has 2 bridgehead atoms. The Balaban J connectivity index is 1.86. The number of nitrogens with zero attached hydrogens (tertiary/aromatic N) is 1. The lowest BCUT2D eigenvalue weighted by Crippen LogP contribution is -2.64. The summed E-state index contributed by atoms with van der Waals surface area (Å²) in [5, 5.41) is 0. The molecule has 0 spiro atoms. The smallest absolute Gasteiger partial charge is 0.411 e. The molecule has 0 radical (unpaired) electrons. The van der Waals surface area contributed by atoms with E-state index in [9.17, 15) is 9.59 Å². The second-order valence-electron chi connectivity index (χ2n) is 9.53. The van der Waals surface area contributed by atoms with Crippen molar-refractivity contribution in [2.75, 3.05) is 6.54 Å². The van der Waals surface area contributed by atoms with Gasteiger partial charge in [-0.15, -0.1) is 0 Å². The highest BCUT2D eigenvalue weighted by Gasteiger charge is 2.59. The minimum absolute atomic E-state index is 0.0515. The molecule has 1 aliphatic heterocycles. The van der Waals surface area contributed by atoms with Crippen molar-refractivity contribution in [2.45, 2.75) is 70.9 Å². The quantitative estimate of drug-likeness (QED) is 0.767. The first kappa shape index (κ1) is 17.6. The topological polar surface area (TPSA) is 62.4 Å². The van der Waals surface area contributed by atoms with E-state index in [2.05, 4.69) is 11.9 Å². The highest BCUT2D eigenvalue weighted by Crippen LogP contribution is 2.58. The summed E-state index contributed by atoms with van der Waals surface area (Å²) < 4.78 is 5.80. The number of nitrogens with one attached hydrogen (secondary N) is 1. The van der Waals surface area contributed by atoms with Gasteiger partial charge in [-0.3, -0.25) is 9.69 Å². The Morgan fingerprint density at radius 3 is 2.85 bits per heavy atom. The predicted octanol–water partition coefficient (Wildman–Crippen LogP) is 3.82. The number of hydrogen-bond donors (Lipinski definition) is 1. The molecule has 1 saturated carbocycles. The number of rotatable bonds is 0. The normalized spacial score (nSPS) is 33.2. The largest absolute Gasteiger partial charge is 0.444 e. The summed E-state index contributed by atoms with van der Waals surface area (Å²) >= 11 is 0. The molecule has 1 aromatic heterocycles. The fourth-order valence-corrected chi connectivity index (χ4v) is 5.89. The molecule has 2 fully saturated rings. The number of hydrogen-bond acceptors (Lipinski definition) is 3. The van der Waals surface area contributed by atoms with Gasteiger partial charge in [0.2, 0.25) is 5.56 Å². The Kier molecular flexibility index (Phi) is 3.97. The van der Waals surface area contributed by atoms with E-state index in [0.29, 0.717) is 17.8 Å². The lowest BCUT2D eigenvalue weighted by molar-refractivity contribution is -0.0933. The van der Waals surface area contributed by atoms with Crippen LogP contribution in [-0.2, 0) is 16.7 Å². The van der Waals surface area contributed by atoms with Gasteiger partial charge >= 0.3 is 6.09 Å². The molecule has 142 valence electrons. The fraction of sp³-hybridized carbons (Fsp3) is 0.714. The van der Waals surface area contributed by atoms with E-state index in [-0.39, 0.29) is 17.2 Å². The van der Waals surface area contributed by atoms with Crippen LogP contribution in [0.3, 0.4) is 0 Å². The van der Waals surface area contributed by atoms with Crippen molar-refractivity contribution in [3.05, 3.63) is 33.7 Å². The van der Waals surface area contributed by atoms with Crippen LogP contribution < -0.4 is 5.56 Å². The van der Waals surface area contributed by atoms with Gasteiger partial charge in [0, 0.05) is 18.3 Å². The molecule has 5 nitrogen and oxygen atoms in total. The zero-order chi connectivity index (χ0) is 18.7. The second-order valence-corrected chi connectivity index (χ2v) is 9.53. The summed E-state index contributed by atoms with van der Waals surface area (Å²) in [6.45, 7) is 8.78. The maximum atomic E-state index is 13.2. The Morgan fingerprint density at radius 2 is 2.12 bits per heavy atom. The predicted molar refractivity (Wildman–Crippen MR) is 100.0 cm³/mol. The molecular weight excluding hydrogens is 328 g/mol. The Hall–Kier alpha value is -1.78. The monoisotopic (exact) mass is 358 g/mol. The number of amides is 1. The lowest BCUT2D eigenvalue weighted by Gasteiger charge is -2.61. The summed E-state index contributed by atoms with van der Waals surface area (Å²) in [5.74, 6) is 1.53. The Morgan fingerprint density at radius 1 is 1.35 bits per heavy atom. The molecule has 3 aliphatic rings. The average molecular weight is 358 g/mol. The summed E-state index contributed by atoms with van der Waals surface area (Å²) in [6, 6.07) is 3.59. The molecule has 4 rings (SSSR count). The molecule has 4 unspecified atom stereocenters. The van der Waals surface area contributed by atoms with E-state index < -0.39 is 5.60 Å². The molecule has 2 heterocycles. The molecule has 1 amide bonds. The minimum atomic E-state index is -0.511. The van der Waals surface area contributed by atoms with Gasteiger partial charge in [0.1, 0.15) is 5.60 Å². The van der Waals surface area contributed by atoms with Crippen molar-refractivity contribution in [1.29, 1.82) is 0 Å². The summed E-state index contributed by atoms with van der Waals surface area (Å²) in [4.78, 5) is 30.2. The number of H-pyrrole nitrogens is 1. The zero-order valence-corrected chi connectivity index (χ0v) is 16.3. The van der Waals surface area contributed by atoms with Crippen molar-refractivity contribution in [3.8, 4) is 0 Å². The number of aromatic nitrogens is 1. The molecule has 1 aromatic rings. The van der Waals surface area contributed by atoms with Gasteiger partial charge in [0.15, 0.2) is 0 Å². The highest BCUT2D eigenvalue weighted by molar-refractivity contribution is 5.70. The van der Waals surface area contributed by atoms with Crippen molar-refractivity contribution in [2.24, 2.45) is 17.8 Å². The minimum Gasteiger partial charge on any atom is -0.444 e. The molecule has 2 aliphatic carbocycles. The van der Waals surface area contributed by atoms with Crippen LogP contribution in [0.5, 0.6) is 0 Å². The van der Waals surface area contributed by atoms with Crippen LogP contribution in [0.4, 0.5) is 4.79 Å². The highest BCUT2D eigenvalue weighted by atomic mass is 16.6. The summed E-state index contributed by atoms with van der Waals surface area (Å²) in [5.41, 5.74) is 1.28. The number of piperidine rings is 1. The maximum absolute atomic E-state index is 13.2. The van der Waals surface area contributed by atoms with Crippen LogP contribution in [0.2, 0.25) is 0 Å². The number of likely N-dealkylation sites (tertiary alicyclic amines) is 1. The lowest BCUT2D eigenvalue weighted by atomic mass is 9.53. The van der Waals surface area contributed by atoms with Crippen LogP contribution in [0, 0.1) is 17.8 Å². The van der Waals surface area contributed by atoms with E-state index >= 15 is 0 Å². The van der Waals surface area contributed by atoms with Crippen LogP contribution >= 0.6 is 0 Å². The third-order valence-electron chi connectivity index (χ3n) is 6.47. The van der Waals surface area contributed by atoms with Crippen LogP contribution in [0.1, 0.15) is 64.6 Å². The molecule has 1 saturated heterocycles. The van der Waals surface area contributed by atoms with Crippen molar-refractivity contribution >= 4 is 6.09 Å². The molecule has 5 heteroatoms. The number of carbonyl (C=O) groups is 1. The zero-order valence-electron chi connectivity index (χ0n) is 16.3. The standard InChI is InChI=1S/C21H30N2O3/c1-13-10-14-11-17-16(7-8-18(24)22-17)21(12-13)15(14)6-5-9-23(21)19(25)26-20(2,3)4/h7-8,13-15H,5-6,9-12H2,1-4H3,(H,22,24). The van der Waals surface area contributed by atoms with Gasteiger partial charge in [-0.2, -0.15) is 0 Å². The van der Waals surface area contributed by atoms with Gasteiger partial charge < -0.3 is 9.72 Å². The van der Waals surface area contributed by atoms with Gasteiger partial charge in [-0.05, 0) is 82.3 Å². The van der Waals surface area contributed by atoms with E-state index in [1.807, 2.05) is 31.7 Å². The number of fused-ring (bicyclic) bond motifs is 1. The number of aromatic amines is 1. The van der Waals surface area contributed by atoms with Gasteiger partial charge in [0.25, 0.3) is 0 Å². The van der Waals surface area contributed by atoms with Crippen molar-refractivity contribution in [3.63, 3.8) is 0 Å². The SMILES string of the molecule is CC1CC2Cc3[nH]c(=O)ccc3C3(C1)C2CCCN3C(=O)OC(C)(C)C. The van der Waals surface area contributed by atoms with Crippen molar-refractivity contribution < 1.29 is 9.53 Å². The van der Waals surface area contributed by atoms with E-state index in [0.717, 1.165) is 43.5 Å². The molecule has 1 N–H and O–H groups in total. The van der Waals surface area contributed by atoms with E-state index in [1.54, 1.807) is 6.07 Å². The Bertz CT molecular complexity index is 778. The van der Waals surface area contributed by atoms with Gasteiger partial charge in [-0.1, -0.05) is 6.92 Å². The van der Waals surface area contributed by atoms with E-state index in [4.69, 9.17) is 4.74 Å². The summed E-state index contributed by atoms with van der Waals surface area (Å²) in [7, 11) is 0. The maximum Gasteiger partial charge on any atom is 0.411 e. The van der Waals surface area contributed by atoms with Gasteiger partial charge in [0.05, 0.1) is 5.54 Å². The van der Waals surface area contributed by atoms with Crippen LogP contribution in [0.15, 0.2) is 16.9 Å². The van der Waals surface area contributed by atoms with Gasteiger partial charge in [-0.25, -0.2) is 4.79 Å². The van der Waals surface area contributed by atoms with Crippen LogP contribution in [0.25, 0.3) is 0 Å². The molecule has 26 heavy (non-hydrogen) atoms. The number of pyridine rings is 1. The first-order valence-corrected chi connectivity index (χ1v) is 9.94. The molecular formula is C21H30N2O3. The number of carbonyl (C=O) groups excluding carboxylic acids is 1. The first-order valence-electron chi connectivity index (χ1n) is 9.94. The Labute approximate surface area is 155 Å². The van der Waals surface area contributed by atoms with E-state index in [1.165, 1.54) is 6.42 Å². The van der Waals surface area contributed by atoms with Crippen LogP contribution in [-0.4, -0.2) is 28.1 Å². The fourth-order valence-electron chi connectivity index (χ4n) is 5.89. The third kappa shape index (κ3) is 2.67. The second kappa shape index (κ2) is 5.86. The van der Waals surface area contributed by atoms with Crippen molar-refractivity contribution in [1.82, 2.24) is 9.88 Å². The summed E-state index contributed by atoms with van der Waals surface area (Å²) in [6.07, 6.45) is 5.00. The molecule has 4 atom stereocenters. The molecule has 0 aromatic carbocycles. The average Bonchev–Trinajstić information content (AvgIpc) is 2.51. The first-order chi connectivity index (χ1) is 12.2. The number of ether oxygens (including phenoxy) is 1.